The summed E-state index contributed by atoms with van der Waals surface area (Å²) in [5.74, 6) is -1.42. The third kappa shape index (κ3) is 5.37. The van der Waals surface area contributed by atoms with Gasteiger partial charge in [-0.05, 0) is 53.2 Å². The topological polar surface area (TPSA) is 78.1 Å². The largest absolute Gasteiger partial charge is 0.487 e. The molecule has 4 rings (SSSR count). The quantitative estimate of drug-likeness (QED) is 0.418. The van der Waals surface area contributed by atoms with Gasteiger partial charge in [0.25, 0.3) is 5.91 Å². The van der Waals surface area contributed by atoms with Crippen molar-refractivity contribution in [3.05, 3.63) is 70.0 Å². The molecule has 0 saturated carbocycles. The molecule has 1 N–H and O–H groups in total. The third-order valence-corrected chi connectivity index (χ3v) is 5.52. The van der Waals surface area contributed by atoms with Crippen LogP contribution in [0, 0.1) is 11.2 Å². The average molecular weight is 519 g/mol. The number of ether oxygens (including phenoxy) is 1. The Morgan fingerprint density at radius 3 is 2.52 bits per heavy atom. The standard InChI is InChI=1S/C20H11ClF4N4O2S.ClH/c21-14-8-11(3-6-15(14)31-9-10-1-4-12(22)5-2-10)7-13-16(26)29-19(27-17(13)30)32-18(28-29)20(23,24)25;/h1-8,26H,9H2;1H. The molecule has 0 bridgehead atoms. The number of amides is 1. The molecule has 0 fully saturated rings. The van der Waals surface area contributed by atoms with E-state index in [4.69, 9.17) is 21.7 Å². The zero-order valence-electron chi connectivity index (χ0n) is 16.2. The molecule has 0 aromatic heterocycles. The van der Waals surface area contributed by atoms with Gasteiger partial charge < -0.3 is 4.74 Å². The van der Waals surface area contributed by atoms with Crippen LogP contribution in [-0.2, 0) is 11.4 Å². The number of thioether (sulfide) groups is 1. The number of nitrogens with zero attached hydrogens (tertiary/aromatic N) is 3. The normalized spacial score (nSPS) is 16.9. The SMILES string of the molecule is Cl.N=C1C(=Cc2ccc(OCc3ccc(F)cc3)c(Cl)c2)C(=O)N=C2SC(C(F)(F)F)=NN12. The van der Waals surface area contributed by atoms with Crippen LogP contribution in [0.25, 0.3) is 6.08 Å². The summed E-state index contributed by atoms with van der Waals surface area (Å²) < 4.78 is 57.3. The zero-order chi connectivity index (χ0) is 23.0. The number of hydrogen-bond acceptors (Lipinski definition) is 5. The second kappa shape index (κ2) is 9.54. The number of halogens is 6. The fourth-order valence-electron chi connectivity index (χ4n) is 2.74. The highest BCUT2D eigenvalue weighted by atomic mass is 35.5. The van der Waals surface area contributed by atoms with Crippen LogP contribution in [0.15, 0.2) is 58.1 Å². The molecule has 6 nitrogen and oxygen atoms in total. The van der Waals surface area contributed by atoms with Gasteiger partial charge in [-0.3, -0.25) is 10.2 Å². The predicted molar refractivity (Wildman–Crippen MR) is 120 cm³/mol. The van der Waals surface area contributed by atoms with Gasteiger partial charge in [0.05, 0.1) is 10.6 Å². The summed E-state index contributed by atoms with van der Waals surface area (Å²) in [6.45, 7) is 0.146. The van der Waals surface area contributed by atoms with Gasteiger partial charge in [0, 0.05) is 0 Å². The van der Waals surface area contributed by atoms with Gasteiger partial charge in [-0.2, -0.15) is 28.3 Å². The first-order valence-corrected chi connectivity index (χ1v) is 10.1. The Morgan fingerprint density at radius 2 is 1.88 bits per heavy atom. The molecule has 0 aliphatic carbocycles. The van der Waals surface area contributed by atoms with E-state index in [1.54, 1.807) is 18.2 Å². The fourth-order valence-corrected chi connectivity index (χ4v) is 3.74. The number of rotatable bonds is 4. The first-order valence-electron chi connectivity index (χ1n) is 8.86. The van der Waals surface area contributed by atoms with E-state index in [1.165, 1.54) is 30.3 Å². The number of hydrazone groups is 1. The van der Waals surface area contributed by atoms with Crippen molar-refractivity contribution >= 4 is 63.8 Å². The minimum atomic E-state index is -4.71. The second-order valence-corrected chi connectivity index (χ2v) is 7.89. The van der Waals surface area contributed by atoms with E-state index in [2.05, 4.69) is 10.1 Å². The molecular weight excluding hydrogens is 507 g/mol. The molecule has 0 atom stereocenters. The molecule has 2 aromatic carbocycles. The number of amidine groups is 2. The Kier molecular flexibility index (Phi) is 7.15. The maximum atomic E-state index is 13.0. The number of carbonyl (C=O) groups is 1. The Bertz CT molecular complexity index is 1210. The molecular formula is C20H12Cl2F4N4O2S. The lowest BCUT2D eigenvalue weighted by Crippen LogP contribution is -2.35. The van der Waals surface area contributed by atoms with Crippen molar-refractivity contribution in [3.8, 4) is 5.75 Å². The Morgan fingerprint density at radius 1 is 1.18 bits per heavy atom. The number of carbonyl (C=O) groups excluding carboxylic acids is 1. The highest BCUT2D eigenvalue weighted by molar-refractivity contribution is 8.27. The number of benzene rings is 2. The molecule has 2 aromatic rings. The van der Waals surface area contributed by atoms with Gasteiger partial charge in [0.15, 0.2) is 5.84 Å². The highest BCUT2D eigenvalue weighted by Gasteiger charge is 2.46. The van der Waals surface area contributed by atoms with Crippen LogP contribution in [0.3, 0.4) is 0 Å². The molecule has 2 heterocycles. The van der Waals surface area contributed by atoms with Crippen molar-refractivity contribution in [1.82, 2.24) is 5.01 Å². The Balaban J connectivity index is 0.00000306. The van der Waals surface area contributed by atoms with E-state index >= 15 is 0 Å². The summed E-state index contributed by atoms with van der Waals surface area (Å²) in [4.78, 5) is 15.9. The molecule has 33 heavy (non-hydrogen) atoms. The van der Waals surface area contributed by atoms with Crippen molar-refractivity contribution in [3.63, 3.8) is 0 Å². The first-order chi connectivity index (χ1) is 15.1. The smallest absolute Gasteiger partial charge is 0.441 e. The molecule has 0 saturated heterocycles. The zero-order valence-corrected chi connectivity index (χ0v) is 18.6. The van der Waals surface area contributed by atoms with Crippen LogP contribution in [0.2, 0.25) is 5.02 Å². The van der Waals surface area contributed by atoms with Crippen molar-refractivity contribution in [2.45, 2.75) is 12.8 Å². The van der Waals surface area contributed by atoms with Gasteiger partial charge in [-0.25, -0.2) is 4.39 Å². The van der Waals surface area contributed by atoms with Gasteiger partial charge in [0.2, 0.25) is 10.2 Å². The number of nitrogens with one attached hydrogen (secondary N) is 1. The summed E-state index contributed by atoms with van der Waals surface area (Å²) >= 11 is 6.41. The van der Waals surface area contributed by atoms with Crippen LogP contribution in [0.5, 0.6) is 5.75 Å². The maximum absolute atomic E-state index is 13.0. The molecule has 0 unspecified atom stereocenters. The predicted octanol–water partition coefficient (Wildman–Crippen LogP) is 5.66. The molecule has 13 heteroatoms. The molecule has 0 spiro atoms. The van der Waals surface area contributed by atoms with Gasteiger partial charge in [-0.15, -0.1) is 12.4 Å². The fraction of sp³-hybridized carbons (Fsp3) is 0.100. The summed E-state index contributed by atoms with van der Waals surface area (Å²) in [6.07, 6.45) is -3.43. The monoisotopic (exact) mass is 518 g/mol. The maximum Gasteiger partial charge on any atom is 0.441 e. The van der Waals surface area contributed by atoms with Gasteiger partial charge in [-0.1, -0.05) is 29.8 Å². The van der Waals surface area contributed by atoms with E-state index in [0.29, 0.717) is 16.3 Å². The Labute approximate surface area is 199 Å². The van der Waals surface area contributed by atoms with E-state index in [1.807, 2.05) is 0 Å². The van der Waals surface area contributed by atoms with Crippen LogP contribution < -0.4 is 4.74 Å². The molecule has 172 valence electrons. The lowest BCUT2D eigenvalue weighted by atomic mass is 10.1. The third-order valence-electron chi connectivity index (χ3n) is 4.27. The highest BCUT2D eigenvalue weighted by Crippen LogP contribution is 2.35. The average Bonchev–Trinajstić information content (AvgIpc) is 3.16. The molecule has 2 aliphatic rings. The van der Waals surface area contributed by atoms with Crippen LogP contribution >= 0.6 is 35.8 Å². The lowest BCUT2D eigenvalue weighted by molar-refractivity contribution is -0.114. The number of fused-ring (bicyclic) bond motifs is 1. The molecule has 1 amide bonds. The summed E-state index contributed by atoms with van der Waals surface area (Å²) in [5, 5.41) is 10.8. The van der Waals surface area contributed by atoms with E-state index in [0.717, 1.165) is 5.56 Å². The van der Waals surface area contributed by atoms with Crippen molar-refractivity contribution in [2.75, 3.05) is 0 Å². The second-order valence-electron chi connectivity index (χ2n) is 6.53. The molecule has 0 radical (unpaired) electrons. The van der Waals surface area contributed by atoms with Crippen LogP contribution in [-0.4, -0.2) is 33.1 Å². The summed E-state index contributed by atoms with van der Waals surface area (Å²) in [6, 6.07) is 10.3. The summed E-state index contributed by atoms with van der Waals surface area (Å²) in [7, 11) is 0. The van der Waals surface area contributed by atoms with E-state index in [-0.39, 0.29) is 52.4 Å². The van der Waals surface area contributed by atoms with Crippen molar-refractivity contribution in [2.24, 2.45) is 10.1 Å². The number of hydrogen-bond donors (Lipinski definition) is 1. The number of alkyl halides is 3. The van der Waals surface area contributed by atoms with E-state index < -0.39 is 23.0 Å². The van der Waals surface area contributed by atoms with Crippen LogP contribution in [0.1, 0.15) is 11.1 Å². The van der Waals surface area contributed by atoms with Crippen LogP contribution in [0.4, 0.5) is 17.6 Å². The minimum Gasteiger partial charge on any atom is -0.487 e. The molecule has 2 aliphatic heterocycles. The minimum absolute atomic E-state index is 0. The van der Waals surface area contributed by atoms with Gasteiger partial charge >= 0.3 is 6.18 Å². The van der Waals surface area contributed by atoms with Crippen molar-refractivity contribution in [1.29, 1.82) is 5.41 Å². The number of aliphatic imine (C=N–C) groups is 1. The van der Waals surface area contributed by atoms with Gasteiger partial charge in [0.1, 0.15) is 18.2 Å². The summed E-state index contributed by atoms with van der Waals surface area (Å²) in [5.41, 5.74) is 0.895. The first kappa shape index (κ1) is 24.7. The van der Waals surface area contributed by atoms with E-state index in [9.17, 15) is 22.4 Å². The van der Waals surface area contributed by atoms with Crippen molar-refractivity contribution < 1.29 is 27.1 Å². The Hall–Kier alpha value is -2.89. The lowest BCUT2D eigenvalue weighted by Gasteiger charge is -2.20.